The predicted octanol–water partition coefficient (Wildman–Crippen LogP) is 6.45. The summed E-state index contributed by atoms with van der Waals surface area (Å²) in [5.41, 5.74) is 11.2. The summed E-state index contributed by atoms with van der Waals surface area (Å²) in [7, 11) is 3.83. The van der Waals surface area contributed by atoms with Crippen LogP contribution in [0.3, 0.4) is 0 Å². The van der Waals surface area contributed by atoms with Crippen molar-refractivity contribution >= 4 is 29.2 Å². The summed E-state index contributed by atoms with van der Waals surface area (Å²) in [6.45, 7) is 6.86. The van der Waals surface area contributed by atoms with Crippen LogP contribution >= 0.6 is 0 Å². The van der Waals surface area contributed by atoms with Crippen molar-refractivity contribution in [2.45, 2.75) is 39.7 Å². The molecule has 3 N–H and O–H groups in total. The molecule has 2 amide bonds. The molecule has 4 aromatic rings. The second-order valence-corrected chi connectivity index (χ2v) is 10.8. The second kappa shape index (κ2) is 12.0. The summed E-state index contributed by atoms with van der Waals surface area (Å²) in [5, 5.41) is 6.23. The molecular weight excluding hydrogens is 508 g/mol. The quantitative estimate of drug-likeness (QED) is 0.211. The SMILES string of the molecule is CNCC(c1ccccc1-c1ccccc1C)N(C)C(=O)CCc1c(C)[nH]c(C=C2C(=O)Nc3ccccc32)c1C. The lowest BCUT2D eigenvalue weighted by Gasteiger charge is -2.30. The maximum atomic E-state index is 13.6. The molecule has 210 valence electrons. The van der Waals surface area contributed by atoms with E-state index in [1.165, 1.54) is 11.1 Å². The van der Waals surface area contributed by atoms with Gasteiger partial charge in [0.2, 0.25) is 5.91 Å². The minimum absolute atomic E-state index is 0.0915. The van der Waals surface area contributed by atoms with Gasteiger partial charge in [-0.15, -0.1) is 0 Å². The number of anilines is 1. The molecule has 1 aliphatic rings. The highest BCUT2D eigenvalue weighted by molar-refractivity contribution is 6.34. The number of rotatable bonds is 9. The van der Waals surface area contributed by atoms with E-state index in [2.05, 4.69) is 71.9 Å². The molecule has 0 aliphatic carbocycles. The highest BCUT2D eigenvalue weighted by Crippen LogP contribution is 2.35. The van der Waals surface area contributed by atoms with Gasteiger partial charge in [-0.05, 0) is 79.8 Å². The van der Waals surface area contributed by atoms with Crippen LogP contribution in [-0.2, 0) is 16.0 Å². The molecule has 5 rings (SSSR count). The summed E-state index contributed by atoms with van der Waals surface area (Å²) in [6.07, 6.45) is 2.93. The van der Waals surface area contributed by atoms with Crippen LogP contribution in [-0.4, -0.2) is 42.3 Å². The molecule has 41 heavy (non-hydrogen) atoms. The van der Waals surface area contributed by atoms with Gasteiger partial charge in [0.1, 0.15) is 0 Å². The summed E-state index contributed by atoms with van der Waals surface area (Å²) >= 11 is 0. The molecule has 0 saturated carbocycles. The number of nitrogens with zero attached hydrogens (tertiary/aromatic N) is 1. The van der Waals surface area contributed by atoms with Crippen LogP contribution in [0.4, 0.5) is 5.69 Å². The highest BCUT2D eigenvalue weighted by Gasteiger charge is 2.26. The number of fused-ring (bicyclic) bond motifs is 1. The molecule has 1 aliphatic heterocycles. The van der Waals surface area contributed by atoms with Crippen molar-refractivity contribution < 1.29 is 9.59 Å². The van der Waals surface area contributed by atoms with E-state index >= 15 is 0 Å². The van der Waals surface area contributed by atoms with Gasteiger partial charge in [-0.1, -0.05) is 66.7 Å². The normalized spacial score (nSPS) is 14.2. The fourth-order valence-electron chi connectivity index (χ4n) is 5.90. The van der Waals surface area contributed by atoms with Gasteiger partial charge < -0.3 is 20.5 Å². The number of nitrogens with one attached hydrogen (secondary N) is 3. The molecular formula is C35H38N4O2. The first-order valence-corrected chi connectivity index (χ1v) is 14.2. The molecule has 0 spiro atoms. The van der Waals surface area contributed by atoms with E-state index in [1.807, 2.05) is 62.3 Å². The minimum Gasteiger partial charge on any atom is -0.359 e. The molecule has 6 heteroatoms. The summed E-state index contributed by atoms with van der Waals surface area (Å²) in [4.78, 5) is 31.6. The van der Waals surface area contributed by atoms with Gasteiger partial charge in [0.15, 0.2) is 0 Å². The van der Waals surface area contributed by atoms with E-state index in [9.17, 15) is 9.59 Å². The van der Waals surface area contributed by atoms with E-state index < -0.39 is 0 Å². The number of likely N-dealkylation sites (N-methyl/N-ethyl adjacent to an activating group) is 2. The molecule has 1 aromatic heterocycles. The van der Waals surface area contributed by atoms with Gasteiger partial charge in [-0.3, -0.25) is 9.59 Å². The Kier molecular flexibility index (Phi) is 8.22. The Morgan fingerprint density at radius 3 is 2.32 bits per heavy atom. The van der Waals surface area contributed by atoms with Crippen LogP contribution in [0.25, 0.3) is 22.8 Å². The zero-order valence-corrected chi connectivity index (χ0v) is 24.5. The van der Waals surface area contributed by atoms with Crippen molar-refractivity contribution in [3.8, 4) is 11.1 Å². The number of aromatic nitrogens is 1. The Morgan fingerprint density at radius 2 is 1.59 bits per heavy atom. The van der Waals surface area contributed by atoms with Gasteiger partial charge in [0.05, 0.1) is 11.6 Å². The molecule has 0 fully saturated rings. The Labute approximate surface area is 242 Å². The molecule has 6 nitrogen and oxygen atoms in total. The fourth-order valence-corrected chi connectivity index (χ4v) is 5.90. The minimum atomic E-state index is -0.113. The van der Waals surface area contributed by atoms with Crippen LogP contribution in [0.1, 0.15) is 51.7 Å². The fraction of sp³-hybridized carbons (Fsp3) is 0.257. The number of hydrogen-bond acceptors (Lipinski definition) is 3. The number of carbonyl (C=O) groups is 2. The molecule has 0 bridgehead atoms. The van der Waals surface area contributed by atoms with E-state index in [-0.39, 0.29) is 17.9 Å². The second-order valence-electron chi connectivity index (χ2n) is 10.8. The topological polar surface area (TPSA) is 77.2 Å². The van der Waals surface area contributed by atoms with Crippen LogP contribution in [0.15, 0.2) is 72.8 Å². The first kappa shape index (κ1) is 28.1. The van der Waals surface area contributed by atoms with Crippen molar-refractivity contribution in [1.29, 1.82) is 0 Å². The van der Waals surface area contributed by atoms with E-state index in [0.29, 0.717) is 25.0 Å². The standard InChI is InChI=1S/C35H38N4O2/c1-22-12-6-7-13-25(22)27-14-8-9-16-29(27)33(21-36-4)39(5)34(40)19-18-26-23(2)32(37-24(26)3)20-30-28-15-10-11-17-31(28)38-35(30)41/h6-17,20,33,36-37H,18-19,21H2,1-5H3,(H,38,41). The Bertz CT molecular complexity index is 1630. The average Bonchev–Trinajstić information content (AvgIpc) is 3.44. The summed E-state index contributed by atoms with van der Waals surface area (Å²) in [5.74, 6) is -0.00778. The highest BCUT2D eigenvalue weighted by atomic mass is 16.2. The third-order valence-electron chi connectivity index (χ3n) is 8.23. The summed E-state index contributed by atoms with van der Waals surface area (Å²) < 4.78 is 0. The van der Waals surface area contributed by atoms with Crippen LogP contribution in [0.5, 0.6) is 0 Å². The average molecular weight is 547 g/mol. The van der Waals surface area contributed by atoms with Crippen molar-refractivity contribution in [3.63, 3.8) is 0 Å². The lowest BCUT2D eigenvalue weighted by atomic mass is 9.91. The predicted molar refractivity (Wildman–Crippen MR) is 168 cm³/mol. The van der Waals surface area contributed by atoms with Crippen molar-refractivity contribution in [3.05, 3.63) is 112 Å². The van der Waals surface area contributed by atoms with Gasteiger partial charge in [0.25, 0.3) is 5.91 Å². The molecule has 2 heterocycles. The molecule has 0 radical (unpaired) electrons. The Hall–Kier alpha value is -4.42. The van der Waals surface area contributed by atoms with Gasteiger partial charge >= 0.3 is 0 Å². The van der Waals surface area contributed by atoms with E-state index in [1.54, 1.807) is 0 Å². The lowest BCUT2D eigenvalue weighted by molar-refractivity contribution is -0.132. The number of hydrogen-bond donors (Lipinski definition) is 3. The maximum absolute atomic E-state index is 13.6. The smallest absolute Gasteiger partial charge is 0.256 e. The monoisotopic (exact) mass is 546 g/mol. The number of H-pyrrole nitrogens is 1. The number of aromatic amines is 1. The van der Waals surface area contributed by atoms with Crippen LogP contribution < -0.4 is 10.6 Å². The summed E-state index contributed by atoms with van der Waals surface area (Å²) in [6, 6.07) is 24.4. The van der Waals surface area contributed by atoms with Gasteiger partial charge in [-0.2, -0.15) is 0 Å². The Balaban J connectivity index is 1.36. The molecule has 0 saturated heterocycles. The van der Waals surface area contributed by atoms with Crippen molar-refractivity contribution in [2.75, 3.05) is 26.0 Å². The number of benzene rings is 3. The molecule has 3 aromatic carbocycles. The largest absolute Gasteiger partial charge is 0.359 e. The first-order chi connectivity index (χ1) is 19.8. The Morgan fingerprint density at radius 1 is 0.927 bits per heavy atom. The first-order valence-electron chi connectivity index (χ1n) is 14.2. The van der Waals surface area contributed by atoms with Crippen LogP contribution in [0.2, 0.25) is 0 Å². The van der Waals surface area contributed by atoms with E-state index in [4.69, 9.17) is 0 Å². The number of aryl methyl sites for hydroxylation is 2. The number of amides is 2. The third kappa shape index (κ3) is 5.61. The zero-order chi connectivity index (χ0) is 29.1. The van der Waals surface area contributed by atoms with Crippen LogP contribution in [0, 0.1) is 20.8 Å². The molecule has 1 atom stereocenters. The molecule has 1 unspecified atom stereocenters. The number of carbonyl (C=O) groups excluding carboxylic acids is 2. The van der Waals surface area contributed by atoms with E-state index in [0.717, 1.165) is 44.9 Å². The number of para-hydroxylation sites is 1. The maximum Gasteiger partial charge on any atom is 0.256 e. The van der Waals surface area contributed by atoms with Crippen molar-refractivity contribution in [1.82, 2.24) is 15.2 Å². The van der Waals surface area contributed by atoms with Crippen molar-refractivity contribution in [2.24, 2.45) is 0 Å². The zero-order valence-electron chi connectivity index (χ0n) is 24.5. The van der Waals surface area contributed by atoms with Gasteiger partial charge in [-0.25, -0.2) is 0 Å². The van der Waals surface area contributed by atoms with Gasteiger partial charge in [0, 0.05) is 42.7 Å². The third-order valence-corrected chi connectivity index (χ3v) is 8.23. The lowest BCUT2D eigenvalue weighted by Crippen LogP contribution is -2.37.